The van der Waals surface area contributed by atoms with E-state index in [1.165, 1.54) is 20.3 Å². The molecule has 0 radical (unpaired) electrons. The SMILES string of the molecule is COc1cc(O)c(C(CN)C(=O)O)c(Br)c1OC. The number of carbonyl (C=O) groups is 1. The van der Waals surface area contributed by atoms with E-state index in [0.717, 1.165) is 0 Å². The average molecular weight is 320 g/mol. The number of benzene rings is 1. The number of aromatic hydroxyl groups is 1. The molecule has 0 aliphatic rings. The van der Waals surface area contributed by atoms with Crippen molar-refractivity contribution in [2.75, 3.05) is 20.8 Å². The van der Waals surface area contributed by atoms with Crippen LogP contribution in [0.2, 0.25) is 0 Å². The second-order valence-electron chi connectivity index (χ2n) is 3.49. The Bertz CT molecular complexity index is 463. The number of methoxy groups -OCH3 is 2. The number of aliphatic carboxylic acids is 1. The molecule has 7 heteroatoms. The van der Waals surface area contributed by atoms with Crippen LogP contribution in [-0.4, -0.2) is 36.9 Å². The lowest BCUT2D eigenvalue weighted by molar-refractivity contribution is -0.138. The fourth-order valence-corrected chi connectivity index (χ4v) is 2.46. The van der Waals surface area contributed by atoms with E-state index in [0.29, 0.717) is 16.0 Å². The summed E-state index contributed by atoms with van der Waals surface area (Å²) in [6.45, 7) is -0.142. The van der Waals surface area contributed by atoms with Crippen LogP contribution >= 0.6 is 15.9 Å². The van der Waals surface area contributed by atoms with E-state index in [9.17, 15) is 9.90 Å². The molecule has 0 aliphatic heterocycles. The lowest BCUT2D eigenvalue weighted by Crippen LogP contribution is -2.21. The normalized spacial score (nSPS) is 12.0. The van der Waals surface area contributed by atoms with E-state index in [4.69, 9.17) is 20.3 Å². The second kappa shape index (κ2) is 5.92. The molecule has 1 aromatic carbocycles. The maximum atomic E-state index is 11.1. The lowest BCUT2D eigenvalue weighted by atomic mass is 9.97. The van der Waals surface area contributed by atoms with Crippen LogP contribution in [0.3, 0.4) is 0 Å². The molecule has 0 saturated carbocycles. The molecule has 1 unspecified atom stereocenters. The first kappa shape index (κ1) is 14.6. The predicted octanol–water partition coefficient (Wildman–Crippen LogP) is 1.30. The summed E-state index contributed by atoms with van der Waals surface area (Å²) in [5.41, 5.74) is 5.59. The molecule has 0 saturated heterocycles. The van der Waals surface area contributed by atoms with Gasteiger partial charge in [-0.05, 0) is 15.9 Å². The number of halogens is 1. The largest absolute Gasteiger partial charge is 0.507 e. The van der Waals surface area contributed by atoms with Crippen molar-refractivity contribution in [2.45, 2.75) is 5.92 Å². The highest BCUT2D eigenvalue weighted by Crippen LogP contribution is 2.45. The highest BCUT2D eigenvalue weighted by molar-refractivity contribution is 9.10. The summed E-state index contributed by atoms with van der Waals surface area (Å²) >= 11 is 3.21. The number of nitrogens with two attached hydrogens (primary N) is 1. The number of hydrogen-bond donors (Lipinski definition) is 3. The van der Waals surface area contributed by atoms with E-state index in [1.54, 1.807) is 0 Å². The molecule has 0 aromatic heterocycles. The Morgan fingerprint density at radius 3 is 2.50 bits per heavy atom. The van der Waals surface area contributed by atoms with Gasteiger partial charge < -0.3 is 25.4 Å². The second-order valence-corrected chi connectivity index (χ2v) is 4.28. The van der Waals surface area contributed by atoms with Crippen LogP contribution in [-0.2, 0) is 4.79 Å². The molecule has 100 valence electrons. The van der Waals surface area contributed by atoms with Crippen LogP contribution in [0.15, 0.2) is 10.5 Å². The summed E-state index contributed by atoms with van der Waals surface area (Å²) in [6, 6.07) is 1.30. The first-order valence-electron chi connectivity index (χ1n) is 5.04. The maximum absolute atomic E-state index is 11.1. The van der Waals surface area contributed by atoms with E-state index in [1.807, 2.05) is 0 Å². The van der Waals surface area contributed by atoms with Crippen LogP contribution in [0.5, 0.6) is 17.2 Å². The first-order valence-corrected chi connectivity index (χ1v) is 5.83. The van der Waals surface area contributed by atoms with Crippen LogP contribution in [0, 0.1) is 0 Å². The number of phenols is 1. The summed E-state index contributed by atoms with van der Waals surface area (Å²) in [4.78, 5) is 11.1. The summed E-state index contributed by atoms with van der Waals surface area (Å²) in [7, 11) is 2.84. The van der Waals surface area contributed by atoms with Gasteiger partial charge >= 0.3 is 5.97 Å². The minimum absolute atomic E-state index is 0.142. The van der Waals surface area contributed by atoms with Crippen LogP contribution in [0.1, 0.15) is 11.5 Å². The smallest absolute Gasteiger partial charge is 0.312 e. The van der Waals surface area contributed by atoms with Crippen LogP contribution in [0.25, 0.3) is 0 Å². The minimum atomic E-state index is -1.12. The van der Waals surface area contributed by atoms with E-state index in [-0.39, 0.29) is 17.9 Å². The highest BCUT2D eigenvalue weighted by Gasteiger charge is 2.28. The van der Waals surface area contributed by atoms with Gasteiger partial charge in [-0.25, -0.2) is 0 Å². The quantitative estimate of drug-likeness (QED) is 0.756. The molecular formula is C11H14BrNO5. The van der Waals surface area contributed by atoms with Crippen molar-refractivity contribution in [1.82, 2.24) is 0 Å². The number of rotatable bonds is 5. The van der Waals surface area contributed by atoms with Gasteiger partial charge in [-0.15, -0.1) is 0 Å². The van der Waals surface area contributed by atoms with Gasteiger partial charge in [0, 0.05) is 18.2 Å². The highest BCUT2D eigenvalue weighted by atomic mass is 79.9. The fourth-order valence-electron chi connectivity index (χ4n) is 1.63. The topological polar surface area (TPSA) is 102 Å². The van der Waals surface area contributed by atoms with E-state index < -0.39 is 11.9 Å². The van der Waals surface area contributed by atoms with Crippen molar-refractivity contribution in [1.29, 1.82) is 0 Å². The van der Waals surface area contributed by atoms with Gasteiger partial charge in [-0.2, -0.15) is 0 Å². The van der Waals surface area contributed by atoms with Crippen molar-refractivity contribution in [3.05, 3.63) is 16.1 Å². The third-order valence-corrected chi connectivity index (χ3v) is 3.30. The summed E-state index contributed by atoms with van der Waals surface area (Å²) in [5, 5.41) is 19.0. The zero-order chi connectivity index (χ0) is 13.9. The molecule has 18 heavy (non-hydrogen) atoms. The number of hydrogen-bond acceptors (Lipinski definition) is 5. The van der Waals surface area contributed by atoms with Crippen molar-refractivity contribution in [3.8, 4) is 17.2 Å². The molecule has 0 heterocycles. The average Bonchev–Trinajstić information content (AvgIpc) is 2.33. The summed E-state index contributed by atoms with van der Waals surface area (Å²) < 4.78 is 10.5. The minimum Gasteiger partial charge on any atom is -0.507 e. The molecule has 1 atom stereocenters. The Balaban J connectivity index is 3.49. The number of ether oxygens (including phenoxy) is 2. The van der Waals surface area contributed by atoms with Crippen molar-refractivity contribution in [2.24, 2.45) is 5.73 Å². The Kier molecular flexibility index (Phi) is 4.80. The van der Waals surface area contributed by atoms with Crippen LogP contribution in [0.4, 0.5) is 0 Å². The van der Waals surface area contributed by atoms with Gasteiger partial charge in [0.25, 0.3) is 0 Å². The summed E-state index contributed by atoms with van der Waals surface area (Å²) in [5.74, 6) is -1.76. The Morgan fingerprint density at radius 2 is 2.11 bits per heavy atom. The van der Waals surface area contributed by atoms with E-state index >= 15 is 0 Å². The zero-order valence-corrected chi connectivity index (χ0v) is 11.5. The third kappa shape index (κ3) is 2.51. The molecule has 1 aromatic rings. The van der Waals surface area contributed by atoms with Crippen molar-refractivity contribution >= 4 is 21.9 Å². The molecule has 0 fully saturated rings. The molecule has 0 bridgehead atoms. The molecule has 0 aliphatic carbocycles. The van der Waals surface area contributed by atoms with Crippen LogP contribution < -0.4 is 15.2 Å². The molecule has 4 N–H and O–H groups in total. The Hall–Kier alpha value is -1.47. The standard InChI is InChI=1S/C11H14BrNO5/c1-17-7-3-6(14)8(5(4-13)11(15)16)9(12)10(7)18-2/h3,5,14H,4,13H2,1-2H3,(H,15,16). The van der Waals surface area contributed by atoms with Gasteiger partial charge in [0.2, 0.25) is 0 Å². The molecular weight excluding hydrogens is 306 g/mol. The first-order chi connectivity index (χ1) is 8.47. The van der Waals surface area contributed by atoms with Gasteiger partial charge in [0.05, 0.1) is 24.6 Å². The Morgan fingerprint density at radius 1 is 1.50 bits per heavy atom. The molecule has 0 amide bonds. The molecule has 6 nitrogen and oxygen atoms in total. The third-order valence-electron chi connectivity index (χ3n) is 2.51. The van der Waals surface area contributed by atoms with Gasteiger partial charge in [0.1, 0.15) is 5.75 Å². The Labute approximate surface area is 112 Å². The number of phenolic OH excluding ortho intramolecular Hbond substituents is 1. The van der Waals surface area contributed by atoms with Gasteiger partial charge in [0.15, 0.2) is 11.5 Å². The summed E-state index contributed by atoms with van der Waals surface area (Å²) in [6.07, 6.45) is 0. The van der Waals surface area contributed by atoms with Crippen molar-refractivity contribution < 1.29 is 24.5 Å². The maximum Gasteiger partial charge on any atom is 0.312 e. The predicted molar refractivity (Wildman–Crippen MR) is 68.3 cm³/mol. The zero-order valence-electron chi connectivity index (χ0n) is 9.94. The molecule has 0 spiro atoms. The van der Waals surface area contributed by atoms with Crippen molar-refractivity contribution in [3.63, 3.8) is 0 Å². The molecule has 1 rings (SSSR count). The number of carboxylic acid groups (broad SMARTS) is 1. The monoisotopic (exact) mass is 319 g/mol. The van der Waals surface area contributed by atoms with Gasteiger partial charge in [-0.1, -0.05) is 0 Å². The lowest BCUT2D eigenvalue weighted by Gasteiger charge is -2.18. The fraction of sp³-hybridized carbons (Fsp3) is 0.364. The van der Waals surface area contributed by atoms with E-state index in [2.05, 4.69) is 15.9 Å². The van der Waals surface area contributed by atoms with Gasteiger partial charge in [-0.3, -0.25) is 4.79 Å². The number of carboxylic acids is 1.